The Morgan fingerprint density at radius 3 is 2.47 bits per heavy atom. The number of alkyl halides is 3. The molecule has 0 aliphatic carbocycles. The van der Waals surface area contributed by atoms with Gasteiger partial charge in [0.15, 0.2) is 12.2 Å². The third kappa shape index (κ3) is 5.72. The van der Waals surface area contributed by atoms with Gasteiger partial charge in [0.1, 0.15) is 11.6 Å². The van der Waals surface area contributed by atoms with Gasteiger partial charge in [-0.1, -0.05) is 31.4 Å². The highest BCUT2D eigenvalue weighted by atomic mass is 19.4. The lowest BCUT2D eigenvalue weighted by Crippen LogP contribution is -2.18. The van der Waals surface area contributed by atoms with Gasteiger partial charge in [0, 0.05) is 36.1 Å². The molecule has 0 spiro atoms. The standard InChI is InChI=1S/C27H19F4N5O2/c1-3-6-17(4-2)24-23(10-16(13-35-24)9-18-14-32-15-38-18)36-26(37)20-11-19(25-33-7-5-8-34-25)21(12-22(20)28)27(29,30)31/h3-8,10-15H,1-2,9H2,(H,36,37)/b17-6+. The van der Waals surface area contributed by atoms with Crippen LogP contribution in [-0.2, 0) is 12.6 Å². The van der Waals surface area contributed by atoms with Crippen LogP contribution in [0, 0.1) is 5.82 Å². The van der Waals surface area contributed by atoms with E-state index in [1.807, 2.05) is 0 Å². The van der Waals surface area contributed by atoms with Crippen LogP contribution in [-0.4, -0.2) is 25.8 Å². The van der Waals surface area contributed by atoms with Gasteiger partial charge in [-0.3, -0.25) is 9.78 Å². The molecule has 0 fully saturated rings. The molecule has 0 saturated heterocycles. The zero-order valence-electron chi connectivity index (χ0n) is 19.7. The number of pyridine rings is 1. The molecule has 1 amide bonds. The van der Waals surface area contributed by atoms with Gasteiger partial charge in [-0.05, 0) is 29.8 Å². The number of benzene rings is 1. The average molecular weight is 521 g/mol. The number of hydrogen-bond acceptors (Lipinski definition) is 6. The predicted molar refractivity (Wildman–Crippen MR) is 132 cm³/mol. The summed E-state index contributed by atoms with van der Waals surface area (Å²) in [5.41, 5.74) is -0.926. The summed E-state index contributed by atoms with van der Waals surface area (Å²) in [6.45, 7) is 7.38. The van der Waals surface area contributed by atoms with Gasteiger partial charge in [-0.2, -0.15) is 13.2 Å². The molecular formula is C27H19F4N5O2. The van der Waals surface area contributed by atoms with Crippen LogP contribution in [0.15, 0.2) is 91.2 Å². The van der Waals surface area contributed by atoms with Crippen LogP contribution in [0.5, 0.6) is 0 Å². The van der Waals surface area contributed by atoms with Crippen LogP contribution in [0.4, 0.5) is 23.2 Å². The molecule has 192 valence electrons. The molecule has 11 heteroatoms. The maximum absolute atomic E-state index is 14.9. The minimum atomic E-state index is -4.91. The van der Waals surface area contributed by atoms with E-state index >= 15 is 0 Å². The predicted octanol–water partition coefficient (Wildman–Crippen LogP) is 6.28. The molecule has 1 aromatic carbocycles. The molecule has 38 heavy (non-hydrogen) atoms. The molecule has 3 aromatic heterocycles. The molecule has 7 nitrogen and oxygen atoms in total. The van der Waals surface area contributed by atoms with Gasteiger partial charge >= 0.3 is 6.18 Å². The van der Waals surface area contributed by atoms with Crippen LogP contribution in [0.1, 0.15) is 32.9 Å². The van der Waals surface area contributed by atoms with Crippen molar-refractivity contribution in [3.63, 3.8) is 0 Å². The molecular weight excluding hydrogens is 502 g/mol. The quantitative estimate of drug-likeness (QED) is 0.217. The SMILES string of the molecule is C=C/C=C(\C=C)c1ncc(Cc2cnco2)cc1NC(=O)c1cc(-c2ncccn2)c(C(F)(F)F)cc1F. The lowest BCUT2D eigenvalue weighted by atomic mass is 10.0. The average Bonchev–Trinajstić information content (AvgIpc) is 3.40. The summed E-state index contributed by atoms with van der Waals surface area (Å²) in [6.07, 6.45) is 6.78. The van der Waals surface area contributed by atoms with E-state index in [2.05, 4.69) is 38.4 Å². The first-order valence-electron chi connectivity index (χ1n) is 11.0. The summed E-state index contributed by atoms with van der Waals surface area (Å²) in [4.78, 5) is 29.2. The van der Waals surface area contributed by atoms with Gasteiger partial charge in [0.2, 0.25) is 0 Å². The van der Waals surface area contributed by atoms with Crippen molar-refractivity contribution >= 4 is 17.2 Å². The summed E-state index contributed by atoms with van der Waals surface area (Å²) < 4.78 is 61.2. The number of nitrogens with one attached hydrogen (secondary N) is 1. The largest absolute Gasteiger partial charge is 0.448 e. The van der Waals surface area contributed by atoms with Crippen molar-refractivity contribution in [1.29, 1.82) is 0 Å². The number of aromatic nitrogens is 4. The van der Waals surface area contributed by atoms with Crippen molar-refractivity contribution in [1.82, 2.24) is 19.9 Å². The Hall–Kier alpha value is -4.93. The second kappa shape index (κ2) is 11.0. The molecule has 0 atom stereocenters. The van der Waals surface area contributed by atoms with Crippen molar-refractivity contribution in [2.45, 2.75) is 12.6 Å². The van der Waals surface area contributed by atoms with E-state index in [4.69, 9.17) is 4.42 Å². The maximum atomic E-state index is 14.9. The lowest BCUT2D eigenvalue weighted by Gasteiger charge is -2.16. The van der Waals surface area contributed by atoms with Gasteiger partial charge < -0.3 is 9.73 Å². The molecule has 4 rings (SSSR count). The summed E-state index contributed by atoms with van der Waals surface area (Å²) in [6, 6.07) is 4.05. The van der Waals surface area contributed by atoms with Gasteiger partial charge in [-0.25, -0.2) is 19.3 Å². The van der Waals surface area contributed by atoms with E-state index in [0.717, 1.165) is 6.07 Å². The molecule has 0 radical (unpaired) electrons. The van der Waals surface area contributed by atoms with Crippen LogP contribution < -0.4 is 5.32 Å². The summed E-state index contributed by atoms with van der Waals surface area (Å²) in [5.74, 6) is -2.15. The fourth-order valence-corrected chi connectivity index (χ4v) is 3.63. The Kier molecular flexibility index (Phi) is 7.56. The highest BCUT2D eigenvalue weighted by Crippen LogP contribution is 2.37. The second-order valence-electron chi connectivity index (χ2n) is 7.85. The highest BCUT2D eigenvalue weighted by Gasteiger charge is 2.36. The molecule has 0 saturated carbocycles. The number of amides is 1. The summed E-state index contributed by atoms with van der Waals surface area (Å²) in [5, 5.41) is 2.57. The number of halogens is 4. The van der Waals surface area contributed by atoms with Gasteiger partial charge in [0.05, 0.1) is 28.7 Å². The maximum Gasteiger partial charge on any atom is 0.417 e. The number of allylic oxidation sites excluding steroid dienone is 4. The normalized spacial score (nSPS) is 11.7. The van der Waals surface area contributed by atoms with E-state index in [-0.39, 0.29) is 29.7 Å². The first kappa shape index (κ1) is 26.1. The molecule has 0 aliphatic heterocycles. The van der Waals surface area contributed by atoms with Crippen molar-refractivity contribution in [2.75, 3.05) is 5.32 Å². The Morgan fingerprint density at radius 2 is 1.84 bits per heavy atom. The van der Waals surface area contributed by atoms with Gasteiger partial charge in [-0.15, -0.1) is 0 Å². The number of hydrogen-bond donors (Lipinski definition) is 1. The van der Waals surface area contributed by atoms with E-state index in [1.165, 1.54) is 43.2 Å². The highest BCUT2D eigenvalue weighted by molar-refractivity contribution is 6.06. The minimum Gasteiger partial charge on any atom is -0.448 e. The number of oxazole rings is 1. The smallest absolute Gasteiger partial charge is 0.417 e. The number of carbonyl (C=O) groups excluding carboxylic acids is 1. The Balaban J connectivity index is 1.79. The Bertz CT molecular complexity index is 1510. The van der Waals surface area contributed by atoms with E-state index in [1.54, 1.807) is 18.3 Å². The molecule has 4 aromatic rings. The molecule has 3 heterocycles. The van der Waals surface area contributed by atoms with Crippen molar-refractivity contribution in [3.8, 4) is 11.4 Å². The fourth-order valence-electron chi connectivity index (χ4n) is 3.63. The number of rotatable bonds is 8. The number of nitrogens with zero attached hydrogens (tertiary/aromatic N) is 4. The molecule has 0 aliphatic rings. The number of carbonyl (C=O) groups is 1. The number of anilines is 1. The third-order valence-electron chi connectivity index (χ3n) is 5.31. The van der Waals surface area contributed by atoms with E-state index in [9.17, 15) is 22.4 Å². The lowest BCUT2D eigenvalue weighted by molar-refractivity contribution is -0.137. The zero-order chi connectivity index (χ0) is 27.3. The first-order chi connectivity index (χ1) is 18.2. The summed E-state index contributed by atoms with van der Waals surface area (Å²) in [7, 11) is 0. The molecule has 1 N–H and O–H groups in total. The third-order valence-corrected chi connectivity index (χ3v) is 5.31. The first-order valence-corrected chi connectivity index (χ1v) is 11.0. The Labute approximate surface area is 214 Å². The minimum absolute atomic E-state index is 0.164. The zero-order valence-corrected chi connectivity index (χ0v) is 19.7. The second-order valence-corrected chi connectivity index (χ2v) is 7.85. The topological polar surface area (TPSA) is 93.8 Å². The van der Waals surface area contributed by atoms with E-state index in [0.29, 0.717) is 16.9 Å². The van der Waals surface area contributed by atoms with Crippen LogP contribution in [0.25, 0.3) is 17.0 Å². The van der Waals surface area contributed by atoms with Crippen molar-refractivity contribution < 1.29 is 26.8 Å². The van der Waals surface area contributed by atoms with Crippen LogP contribution >= 0.6 is 0 Å². The van der Waals surface area contributed by atoms with E-state index < -0.39 is 34.6 Å². The fraction of sp³-hybridized carbons (Fsp3) is 0.0741. The van der Waals surface area contributed by atoms with Crippen molar-refractivity contribution in [2.24, 2.45) is 0 Å². The van der Waals surface area contributed by atoms with Crippen LogP contribution in [0.2, 0.25) is 0 Å². The monoisotopic (exact) mass is 521 g/mol. The molecule has 0 bridgehead atoms. The van der Waals surface area contributed by atoms with Crippen LogP contribution in [0.3, 0.4) is 0 Å². The van der Waals surface area contributed by atoms with Crippen molar-refractivity contribution in [3.05, 3.63) is 121 Å². The molecule has 0 unspecified atom stereocenters. The van der Waals surface area contributed by atoms with Gasteiger partial charge in [0.25, 0.3) is 5.91 Å². The summed E-state index contributed by atoms with van der Waals surface area (Å²) >= 11 is 0. The Morgan fingerprint density at radius 1 is 1.08 bits per heavy atom.